The molecule has 0 bridgehead atoms. The highest BCUT2D eigenvalue weighted by molar-refractivity contribution is 5.51. The number of rotatable bonds is 2. The quantitative estimate of drug-likeness (QED) is 0.685. The Hall–Kier alpha value is -1.78. The standard InChI is InChI=1S/C8H8N4O/c1-2-7-11-8(12-13-7)6-3-4-9-10-5-6/h3-5H,2H2,1H3. The smallest absolute Gasteiger partial charge is 0.226 e. The maximum atomic E-state index is 4.96. The highest BCUT2D eigenvalue weighted by Gasteiger charge is 2.06. The van der Waals surface area contributed by atoms with Crippen LogP contribution in [0.3, 0.4) is 0 Å². The number of aryl methyl sites for hydroxylation is 1. The van der Waals surface area contributed by atoms with Crippen LogP contribution >= 0.6 is 0 Å². The third-order valence-corrected chi connectivity index (χ3v) is 1.61. The lowest BCUT2D eigenvalue weighted by Crippen LogP contribution is -1.84. The predicted octanol–water partition coefficient (Wildman–Crippen LogP) is 1.09. The second kappa shape index (κ2) is 3.30. The van der Waals surface area contributed by atoms with Crippen molar-refractivity contribution in [3.8, 4) is 11.4 Å². The van der Waals surface area contributed by atoms with Gasteiger partial charge in [-0.2, -0.15) is 15.2 Å². The van der Waals surface area contributed by atoms with Crippen LogP contribution in [0.2, 0.25) is 0 Å². The van der Waals surface area contributed by atoms with Crippen LogP contribution < -0.4 is 0 Å². The van der Waals surface area contributed by atoms with Gasteiger partial charge in [0.25, 0.3) is 0 Å². The first-order valence-corrected chi connectivity index (χ1v) is 4.00. The van der Waals surface area contributed by atoms with E-state index in [0.717, 1.165) is 12.0 Å². The Kier molecular flexibility index (Phi) is 1.99. The summed E-state index contributed by atoms with van der Waals surface area (Å²) in [4.78, 5) is 4.15. The molecule has 0 saturated heterocycles. The summed E-state index contributed by atoms with van der Waals surface area (Å²) in [6.07, 6.45) is 3.94. The third kappa shape index (κ3) is 1.53. The van der Waals surface area contributed by atoms with Crippen LogP contribution in [-0.4, -0.2) is 20.3 Å². The minimum Gasteiger partial charge on any atom is -0.339 e. The van der Waals surface area contributed by atoms with Gasteiger partial charge >= 0.3 is 0 Å². The molecule has 13 heavy (non-hydrogen) atoms. The molecule has 2 rings (SSSR count). The van der Waals surface area contributed by atoms with Crippen molar-refractivity contribution in [1.29, 1.82) is 0 Å². The third-order valence-electron chi connectivity index (χ3n) is 1.61. The molecule has 0 aliphatic carbocycles. The SMILES string of the molecule is CCc1nc(-c2ccnnc2)no1. The zero-order valence-electron chi connectivity index (χ0n) is 7.14. The van der Waals surface area contributed by atoms with E-state index < -0.39 is 0 Å². The lowest BCUT2D eigenvalue weighted by atomic mass is 10.3. The summed E-state index contributed by atoms with van der Waals surface area (Å²) < 4.78 is 4.96. The van der Waals surface area contributed by atoms with Gasteiger partial charge in [0, 0.05) is 12.0 Å². The van der Waals surface area contributed by atoms with Gasteiger partial charge in [0.1, 0.15) is 0 Å². The van der Waals surface area contributed by atoms with Gasteiger partial charge in [-0.25, -0.2) is 0 Å². The lowest BCUT2D eigenvalue weighted by Gasteiger charge is -1.88. The lowest BCUT2D eigenvalue weighted by molar-refractivity contribution is 0.383. The van der Waals surface area contributed by atoms with Gasteiger partial charge in [-0.15, -0.1) is 0 Å². The molecule has 66 valence electrons. The highest BCUT2D eigenvalue weighted by atomic mass is 16.5. The van der Waals surface area contributed by atoms with Crippen LogP contribution in [0.5, 0.6) is 0 Å². The van der Waals surface area contributed by atoms with E-state index in [1.165, 1.54) is 0 Å². The summed E-state index contributed by atoms with van der Waals surface area (Å²) in [5, 5.41) is 11.2. The van der Waals surface area contributed by atoms with E-state index in [1.54, 1.807) is 18.5 Å². The van der Waals surface area contributed by atoms with E-state index in [-0.39, 0.29) is 0 Å². The largest absolute Gasteiger partial charge is 0.339 e. The molecule has 0 fully saturated rings. The second-order valence-electron chi connectivity index (χ2n) is 2.50. The summed E-state index contributed by atoms with van der Waals surface area (Å²) >= 11 is 0. The Morgan fingerprint density at radius 1 is 1.38 bits per heavy atom. The van der Waals surface area contributed by atoms with Gasteiger partial charge in [0.05, 0.1) is 12.4 Å². The number of hydrogen-bond acceptors (Lipinski definition) is 5. The maximum absolute atomic E-state index is 4.96. The van der Waals surface area contributed by atoms with E-state index >= 15 is 0 Å². The molecule has 2 aromatic heterocycles. The molecule has 2 aromatic rings. The number of nitrogens with zero attached hydrogens (tertiary/aromatic N) is 4. The molecule has 0 amide bonds. The molecular formula is C8H8N4O. The fraction of sp³-hybridized carbons (Fsp3) is 0.250. The van der Waals surface area contributed by atoms with E-state index in [0.29, 0.717) is 11.7 Å². The summed E-state index contributed by atoms with van der Waals surface area (Å²) in [6, 6.07) is 1.79. The predicted molar refractivity (Wildman–Crippen MR) is 44.7 cm³/mol. The minimum absolute atomic E-state index is 0.562. The molecule has 0 radical (unpaired) electrons. The van der Waals surface area contributed by atoms with Gasteiger partial charge in [0.15, 0.2) is 0 Å². The van der Waals surface area contributed by atoms with Crippen molar-refractivity contribution >= 4 is 0 Å². The van der Waals surface area contributed by atoms with Gasteiger partial charge < -0.3 is 4.52 Å². The monoisotopic (exact) mass is 176 g/mol. The molecule has 0 aliphatic heterocycles. The van der Waals surface area contributed by atoms with Crippen molar-refractivity contribution in [2.24, 2.45) is 0 Å². The van der Waals surface area contributed by atoms with Crippen molar-refractivity contribution in [1.82, 2.24) is 20.3 Å². The fourth-order valence-corrected chi connectivity index (χ4v) is 0.939. The summed E-state index contributed by atoms with van der Waals surface area (Å²) in [7, 11) is 0. The molecule has 5 nitrogen and oxygen atoms in total. The van der Waals surface area contributed by atoms with Gasteiger partial charge in [-0.05, 0) is 6.07 Å². The molecule has 0 unspecified atom stereocenters. The number of hydrogen-bond donors (Lipinski definition) is 0. The minimum atomic E-state index is 0.562. The van der Waals surface area contributed by atoms with E-state index in [4.69, 9.17) is 4.52 Å². The average Bonchev–Trinajstić information content (AvgIpc) is 2.67. The molecular weight excluding hydrogens is 168 g/mol. The van der Waals surface area contributed by atoms with Crippen molar-refractivity contribution in [2.75, 3.05) is 0 Å². The molecule has 0 aliphatic rings. The molecule has 0 spiro atoms. The van der Waals surface area contributed by atoms with Crippen LogP contribution in [0.25, 0.3) is 11.4 Å². The Morgan fingerprint density at radius 2 is 2.31 bits per heavy atom. The topological polar surface area (TPSA) is 64.7 Å². The summed E-state index contributed by atoms with van der Waals surface area (Å²) in [6.45, 7) is 1.96. The summed E-state index contributed by atoms with van der Waals surface area (Å²) in [5.74, 6) is 1.19. The van der Waals surface area contributed by atoms with Crippen LogP contribution in [0, 0.1) is 0 Å². The van der Waals surface area contributed by atoms with Crippen LogP contribution in [0.4, 0.5) is 0 Å². The van der Waals surface area contributed by atoms with Gasteiger partial charge in [-0.3, -0.25) is 0 Å². The zero-order valence-corrected chi connectivity index (χ0v) is 7.14. The van der Waals surface area contributed by atoms with Crippen molar-refractivity contribution in [3.63, 3.8) is 0 Å². The van der Waals surface area contributed by atoms with Crippen LogP contribution in [-0.2, 0) is 6.42 Å². The highest BCUT2D eigenvalue weighted by Crippen LogP contribution is 2.12. The fourth-order valence-electron chi connectivity index (χ4n) is 0.939. The van der Waals surface area contributed by atoms with Crippen LogP contribution in [0.15, 0.2) is 23.0 Å². The van der Waals surface area contributed by atoms with E-state index in [9.17, 15) is 0 Å². The second-order valence-corrected chi connectivity index (χ2v) is 2.50. The van der Waals surface area contributed by atoms with Crippen molar-refractivity contribution < 1.29 is 4.52 Å². The molecule has 0 N–H and O–H groups in total. The molecule has 0 aromatic carbocycles. The first kappa shape index (κ1) is 7.85. The average molecular weight is 176 g/mol. The van der Waals surface area contributed by atoms with Crippen LogP contribution in [0.1, 0.15) is 12.8 Å². The molecule has 5 heteroatoms. The first-order valence-electron chi connectivity index (χ1n) is 4.00. The van der Waals surface area contributed by atoms with Gasteiger partial charge in [0.2, 0.25) is 11.7 Å². The number of aromatic nitrogens is 4. The Balaban J connectivity index is 2.36. The maximum Gasteiger partial charge on any atom is 0.226 e. The summed E-state index contributed by atoms with van der Waals surface area (Å²) in [5.41, 5.74) is 0.818. The van der Waals surface area contributed by atoms with Crippen molar-refractivity contribution in [2.45, 2.75) is 13.3 Å². The normalized spacial score (nSPS) is 10.2. The molecule has 2 heterocycles. The van der Waals surface area contributed by atoms with Gasteiger partial charge in [-0.1, -0.05) is 12.1 Å². The van der Waals surface area contributed by atoms with E-state index in [1.807, 2.05) is 6.92 Å². The Labute approximate surface area is 74.8 Å². The Bertz CT molecular complexity index is 384. The first-order chi connectivity index (χ1) is 6.40. The molecule has 0 atom stereocenters. The molecule has 0 saturated carbocycles. The van der Waals surface area contributed by atoms with Crippen molar-refractivity contribution in [3.05, 3.63) is 24.4 Å². The van der Waals surface area contributed by atoms with E-state index in [2.05, 4.69) is 20.3 Å². The zero-order chi connectivity index (χ0) is 9.10. The Morgan fingerprint density at radius 3 is 2.92 bits per heavy atom.